The maximum Gasteiger partial charge on any atom is 0.225 e. The van der Waals surface area contributed by atoms with Gasteiger partial charge in [-0.1, -0.05) is 58.0 Å². The minimum atomic E-state index is -0.281. The van der Waals surface area contributed by atoms with Crippen molar-refractivity contribution in [2.75, 3.05) is 0 Å². The zero-order valence-electron chi connectivity index (χ0n) is 14.2. The van der Waals surface area contributed by atoms with Crippen LogP contribution in [0, 0.1) is 11.3 Å². The van der Waals surface area contributed by atoms with Crippen molar-refractivity contribution in [2.24, 2.45) is 17.1 Å². The van der Waals surface area contributed by atoms with Crippen molar-refractivity contribution in [3.63, 3.8) is 0 Å². The van der Waals surface area contributed by atoms with Crippen LogP contribution in [-0.4, -0.2) is 11.4 Å². The third-order valence-electron chi connectivity index (χ3n) is 3.57. The summed E-state index contributed by atoms with van der Waals surface area (Å²) < 4.78 is 0. The van der Waals surface area contributed by atoms with Crippen molar-refractivity contribution in [2.45, 2.75) is 59.5 Å². The minimum Gasteiger partial charge on any atom is -0.351 e. The molecule has 2 unspecified atom stereocenters. The Balaban J connectivity index is 2.71. The maximum atomic E-state index is 12.5. The maximum absolute atomic E-state index is 12.5. The van der Waals surface area contributed by atoms with Gasteiger partial charge < -0.3 is 11.1 Å². The van der Waals surface area contributed by atoms with Gasteiger partial charge in [0.15, 0.2) is 0 Å². The Kier molecular flexibility index (Phi) is 5.57. The average molecular weight is 290 g/mol. The normalized spacial score (nSPS) is 15.4. The van der Waals surface area contributed by atoms with Gasteiger partial charge in [0.1, 0.15) is 0 Å². The first-order valence-corrected chi connectivity index (χ1v) is 7.64. The lowest BCUT2D eigenvalue weighted by atomic mass is 9.81. The number of nitrogens with one attached hydrogen (secondary N) is 1. The van der Waals surface area contributed by atoms with E-state index in [0.717, 1.165) is 12.0 Å². The highest BCUT2D eigenvalue weighted by molar-refractivity contribution is 5.80. The average Bonchev–Trinajstić information content (AvgIpc) is 2.34. The van der Waals surface area contributed by atoms with Crippen molar-refractivity contribution >= 4 is 5.91 Å². The first-order valence-electron chi connectivity index (χ1n) is 7.64. The van der Waals surface area contributed by atoms with Gasteiger partial charge in [-0.3, -0.25) is 4.79 Å². The Labute approximate surface area is 129 Å². The standard InChI is InChI=1S/C18H30N2O/c1-13(15(19)14-10-8-7-9-11-14)16(21)20-18(5,6)12-17(2,3)4/h7-11,13,15H,12,19H2,1-6H3,(H,20,21). The Morgan fingerprint density at radius 2 is 1.67 bits per heavy atom. The van der Waals surface area contributed by atoms with E-state index in [4.69, 9.17) is 5.73 Å². The van der Waals surface area contributed by atoms with Crippen LogP contribution in [0.3, 0.4) is 0 Å². The van der Waals surface area contributed by atoms with Crippen LogP contribution in [0.15, 0.2) is 30.3 Å². The summed E-state index contributed by atoms with van der Waals surface area (Å²) in [5.41, 5.74) is 7.15. The summed E-state index contributed by atoms with van der Waals surface area (Å²) >= 11 is 0. The molecule has 0 aromatic heterocycles. The summed E-state index contributed by atoms with van der Waals surface area (Å²) in [5, 5.41) is 3.14. The zero-order chi connectivity index (χ0) is 16.3. The van der Waals surface area contributed by atoms with Gasteiger partial charge in [0.25, 0.3) is 0 Å². The summed E-state index contributed by atoms with van der Waals surface area (Å²) in [6, 6.07) is 9.50. The summed E-state index contributed by atoms with van der Waals surface area (Å²) in [4.78, 5) is 12.5. The fraction of sp³-hybridized carbons (Fsp3) is 0.611. The molecule has 0 bridgehead atoms. The Hall–Kier alpha value is -1.35. The molecule has 21 heavy (non-hydrogen) atoms. The van der Waals surface area contributed by atoms with Gasteiger partial charge >= 0.3 is 0 Å². The molecule has 0 saturated heterocycles. The third kappa shape index (κ3) is 5.88. The first-order chi connectivity index (χ1) is 9.52. The lowest BCUT2D eigenvalue weighted by Crippen LogP contribution is -2.49. The van der Waals surface area contributed by atoms with E-state index in [-0.39, 0.29) is 28.8 Å². The van der Waals surface area contributed by atoms with Crippen LogP contribution < -0.4 is 11.1 Å². The van der Waals surface area contributed by atoms with Crippen LogP contribution in [-0.2, 0) is 4.79 Å². The van der Waals surface area contributed by atoms with E-state index in [0.29, 0.717) is 0 Å². The van der Waals surface area contributed by atoms with E-state index in [2.05, 4.69) is 39.9 Å². The van der Waals surface area contributed by atoms with Gasteiger partial charge in [-0.2, -0.15) is 0 Å². The van der Waals surface area contributed by atoms with E-state index in [1.807, 2.05) is 37.3 Å². The number of hydrogen-bond donors (Lipinski definition) is 2. The Bertz CT molecular complexity index is 460. The number of rotatable bonds is 5. The van der Waals surface area contributed by atoms with Crippen molar-refractivity contribution in [1.29, 1.82) is 0 Å². The zero-order valence-corrected chi connectivity index (χ0v) is 14.2. The van der Waals surface area contributed by atoms with Gasteiger partial charge in [-0.05, 0) is 31.2 Å². The van der Waals surface area contributed by atoms with Gasteiger partial charge in [0, 0.05) is 11.6 Å². The number of carbonyl (C=O) groups is 1. The molecule has 0 aliphatic heterocycles. The van der Waals surface area contributed by atoms with E-state index in [1.165, 1.54) is 0 Å². The molecule has 0 radical (unpaired) electrons. The molecule has 0 heterocycles. The molecular formula is C18H30N2O. The van der Waals surface area contributed by atoms with Gasteiger partial charge in [0.05, 0.1) is 5.92 Å². The number of benzene rings is 1. The van der Waals surface area contributed by atoms with Gasteiger partial charge in [0.2, 0.25) is 5.91 Å². The molecule has 3 nitrogen and oxygen atoms in total. The number of amides is 1. The molecule has 1 aromatic rings. The predicted molar refractivity (Wildman–Crippen MR) is 88.8 cm³/mol. The highest BCUT2D eigenvalue weighted by Crippen LogP contribution is 2.28. The monoisotopic (exact) mass is 290 g/mol. The third-order valence-corrected chi connectivity index (χ3v) is 3.57. The molecule has 1 aromatic carbocycles. The summed E-state index contributed by atoms with van der Waals surface area (Å²) in [5.74, 6) is -0.243. The highest BCUT2D eigenvalue weighted by atomic mass is 16.2. The Morgan fingerprint density at radius 1 is 1.14 bits per heavy atom. The van der Waals surface area contributed by atoms with Crippen LogP contribution in [0.5, 0.6) is 0 Å². The quantitative estimate of drug-likeness (QED) is 0.869. The smallest absolute Gasteiger partial charge is 0.225 e. The van der Waals surface area contributed by atoms with Crippen molar-refractivity contribution in [3.8, 4) is 0 Å². The summed E-state index contributed by atoms with van der Waals surface area (Å²) in [6.07, 6.45) is 0.916. The molecule has 2 atom stereocenters. The molecule has 3 heteroatoms. The lowest BCUT2D eigenvalue weighted by Gasteiger charge is -2.35. The largest absolute Gasteiger partial charge is 0.351 e. The first kappa shape index (κ1) is 17.7. The van der Waals surface area contributed by atoms with Gasteiger partial charge in [-0.15, -0.1) is 0 Å². The topological polar surface area (TPSA) is 55.1 Å². The van der Waals surface area contributed by atoms with E-state index in [1.54, 1.807) is 0 Å². The second kappa shape index (κ2) is 6.61. The number of hydrogen-bond acceptors (Lipinski definition) is 2. The molecule has 0 aliphatic carbocycles. The minimum absolute atomic E-state index is 0.0144. The van der Waals surface area contributed by atoms with Crippen LogP contribution >= 0.6 is 0 Å². The summed E-state index contributed by atoms with van der Waals surface area (Å²) in [7, 11) is 0. The molecule has 1 amide bonds. The molecule has 118 valence electrons. The van der Waals surface area contributed by atoms with Crippen molar-refractivity contribution < 1.29 is 4.79 Å². The van der Waals surface area contributed by atoms with Crippen molar-refractivity contribution in [1.82, 2.24) is 5.32 Å². The molecule has 0 fully saturated rings. The molecule has 0 saturated carbocycles. The molecule has 0 aliphatic rings. The SMILES string of the molecule is CC(C(=O)NC(C)(C)CC(C)(C)C)C(N)c1ccccc1. The Morgan fingerprint density at radius 3 is 2.14 bits per heavy atom. The second-order valence-corrected chi connectivity index (χ2v) is 7.84. The van der Waals surface area contributed by atoms with E-state index >= 15 is 0 Å². The highest BCUT2D eigenvalue weighted by Gasteiger charge is 2.30. The lowest BCUT2D eigenvalue weighted by molar-refractivity contribution is -0.127. The van der Waals surface area contributed by atoms with Crippen molar-refractivity contribution in [3.05, 3.63) is 35.9 Å². The fourth-order valence-electron chi connectivity index (χ4n) is 2.94. The molecule has 1 rings (SSSR count). The van der Waals surface area contributed by atoms with Gasteiger partial charge in [-0.25, -0.2) is 0 Å². The number of nitrogens with two attached hydrogens (primary N) is 1. The second-order valence-electron chi connectivity index (χ2n) is 7.84. The van der Waals surface area contributed by atoms with Crippen LogP contribution in [0.2, 0.25) is 0 Å². The fourth-order valence-corrected chi connectivity index (χ4v) is 2.94. The molecule has 0 spiro atoms. The van der Waals surface area contributed by atoms with Crippen LogP contribution in [0.1, 0.15) is 59.6 Å². The summed E-state index contributed by atoms with van der Waals surface area (Å²) in [6.45, 7) is 12.6. The number of carbonyl (C=O) groups excluding carboxylic acids is 1. The van der Waals surface area contributed by atoms with E-state index < -0.39 is 0 Å². The van der Waals surface area contributed by atoms with Crippen LogP contribution in [0.25, 0.3) is 0 Å². The van der Waals surface area contributed by atoms with E-state index in [9.17, 15) is 4.79 Å². The van der Waals surface area contributed by atoms with Crippen LogP contribution in [0.4, 0.5) is 0 Å². The molecule has 3 N–H and O–H groups in total. The molecular weight excluding hydrogens is 260 g/mol. The predicted octanol–water partition coefficient (Wildman–Crippen LogP) is 3.65.